The van der Waals surface area contributed by atoms with E-state index in [2.05, 4.69) is 0 Å². The molecule has 1 aromatic carbocycles. The van der Waals surface area contributed by atoms with Crippen molar-refractivity contribution in [1.29, 1.82) is 0 Å². The monoisotopic (exact) mass is 238 g/mol. The summed E-state index contributed by atoms with van der Waals surface area (Å²) in [7, 11) is 1.55. The van der Waals surface area contributed by atoms with Crippen LogP contribution in [0.4, 0.5) is 0 Å². The fourth-order valence-corrected chi connectivity index (χ4v) is 2.07. The first kappa shape index (κ1) is 12.2. The highest BCUT2D eigenvalue weighted by Crippen LogP contribution is 2.54. The molecule has 0 atom stereocenters. The number of hydrogen-bond donors (Lipinski definition) is 2. The smallest absolute Gasteiger partial charge is 0.188 e. The highest BCUT2D eigenvalue weighted by molar-refractivity contribution is 5.55. The summed E-state index contributed by atoms with van der Waals surface area (Å²) in [6.45, 7) is 2.01. The zero-order valence-electron chi connectivity index (χ0n) is 10.2. The fraction of sp³-hybridized carbons (Fsp3) is 0.538. The molecule has 1 aliphatic rings. The Morgan fingerprint density at radius 3 is 2.59 bits per heavy atom. The van der Waals surface area contributed by atoms with Crippen molar-refractivity contribution in [2.45, 2.75) is 25.2 Å². The molecule has 0 saturated heterocycles. The highest BCUT2D eigenvalue weighted by atomic mass is 16.7. The third-order valence-electron chi connectivity index (χ3n) is 3.36. The maximum atomic E-state index is 10.2. The predicted molar refractivity (Wildman–Crippen MR) is 63.3 cm³/mol. The maximum absolute atomic E-state index is 10.2. The topological polar surface area (TPSA) is 58.9 Å². The van der Waals surface area contributed by atoms with E-state index in [1.165, 1.54) is 0 Å². The lowest BCUT2D eigenvalue weighted by Crippen LogP contribution is -2.15. The zero-order chi connectivity index (χ0) is 12.5. The third kappa shape index (κ3) is 2.10. The summed E-state index contributed by atoms with van der Waals surface area (Å²) in [5.41, 5.74) is 1.20. The summed E-state index contributed by atoms with van der Waals surface area (Å²) < 4.78 is 10.3. The average Bonchev–Trinajstić information content (AvgIpc) is 3.11. The molecule has 0 spiro atoms. The van der Waals surface area contributed by atoms with E-state index in [9.17, 15) is 10.2 Å². The van der Waals surface area contributed by atoms with Gasteiger partial charge in [0.2, 0.25) is 0 Å². The van der Waals surface area contributed by atoms with Crippen LogP contribution in [0, 0.1) is 6.92 Å². The summed E-state index contributed by atoms with van der Waals surface area (Å²) in [4.78, 5) is 0. The van der Waals surface area contributed by atoms with Gasteiger partial charge in [0.05, 0.1) is 6.61 Å². The Morgan fingerprint density at radius 1 is 1.35 bits per heavy atom. The van der Waals surface area contributed by atoms with Crippen molar-refractivity contribution in [2.75, 3.05) is 20.5 Å². The molecule has 1 fully saturated rings. The van der Waals surface area contributed by atoms with E-state index in [1.807, 2.05) is 13.0 Å². The number of ether oxygens (including phenoxy) is 2. The number of rotatable bonds is 5. The Hall–Kier alpha value is -1.26. The molecular formula is C13H18O4. The number of methoxy groups -OCH3 is 1. The first-order valence-electron chi connectivity index (χ1n) is 5.70. The van der Waals surface area contributed by atoms with E-state index in [0.29, 0.717) is 5.75 Å². The molecule has 0 radical (unpaired) electrons. The minimum absolute atomic E-state index is 0.0351. The second kappa shape index (κ2) is 4.55. The molecule has 1 aliphatic carbocycles. The van der Waals surface area contributed by atoms with Crippen molar-refractivity contribution >= 4 is 0 Å². The summed E-state index contributed by atoms with van der Waals surface area (Å²) >= 11 is 0. The van der Waals surface area contributed by atoms with Gasteiger partial charge in [-0.25, -0.2) is 0 Å². The fourth-order valence-electron chi connectivity index (χ4n) is 2.07. The summed E-state index contributed by atoms with van der Waals surface area (Å²) in [5, 5.41) is 19.6. The molecule has 0 aromatic heterocycles. The minimum Gasteiger partial charge on any atom is -0.507 e. The molecule has 1 aromatic rings. The molecule has 4 nitrogen and oxygen atoms in total. The standard InChI is InChI=1S/C13H18O4/c1-9-3-4-10(17-8-16-2)11(12(9)15)13(7-14)5-6-13/h3-4,14-15H,5-8H2,1-2H3. The van der Waals surface area contributed by atoms with Gasteiger partial charge in [0.25, 0.3) is 0 Å². The molecule has 0 amide bonds. The summed E-state index contributed by atoms with van der Waals surface area (Å²) in [6, 6.07) is 3.62. The molecule has 1 saturated carbocycles. The largest absolute Gasteiger partial charge is 0.507 e. The molecule has 0 aliphatic heterocycles. The number of aryl methyl sites for hydroxylation is 1. The molecule has 2 N–H and O–H groups in total. The van der Waals surface area contributed by atoms with Crippen molar-refractivity contribution in [2.24, 2.45) is 0 Å². The van der Waals surface area contributed by atoms with Crippen LogP contribution in [0.5, 0.6) is 11.5 Å². The lowest BCUT2D eigenvalue weighted by atomic mass is 9.93. The first-order valence-corrected chi connectivity index (χ1v) is 5.70. The number of phenols is 1. The number of aromatic hydroxyl groups is 1. The predicted octanol–water partition coefficient (Wildman–Crippen LogP) is 1.71. The Balaban J connectivity index is 2.42. The molecule has 0 heterocycles. The molecule has 2 rings (SSSR count). The van der Waals surface area contributed by atoms with Crippen molar-refractivity contribution in [3.63, 3.8) is 0 Å². The SMILES string of the molecule is COCOc1ccc(C)c(O)c1C1(CO)CC1. The van der Waals surface area contributed by atoms with Crippen LogP contribution in [-0.2, 0) is 10.2 Å². The second-order valence-corrected chi connectivity index (χ2v) is 4.59. The molecule has 4 heteroatoms. The van der Waals surface area contributed by atoms with E-state index >= 15 is 0 Å². The molecule has 94 valence electrons. The van der Waals surface area contributed by atoms with Gasteiger partial charge < -0.3 is 19.7 Å². The highest BCUT2D eigenvalue weighted by Gasteiger charge is 2.47. The molecular weight excluding hydrogens is 220 g/mol. The number of phenolic OH excluding ortho intramolecular Hbond substituents is 1. The Bertz CT molecular complexity index is 410. The van der Waals surface area contributed by atoms with Crippen LogP contribution in [0.15, 0.2) is 12.1 Å². The summed E-state index contributed by atoms with van der Waals surface area (Å²) in [5.74, 6) is 0.826. The second-order valence-electron chi connectivity index (χ2n) is 4.59. The van der Waals surface area contributed by atoms with Crippen LogP contribution < -0.4 is 4.74 Å². The van der Waals surface area contributed by atoms with E-state index in [4.69, 9.17) is 9.47 Å². The Labute approximate surface area is 101 Å². The van der Waals surface area contributed by atoms with Gasteiger partial charge in [0, 0.05) is 18.1 Å². The van der Waals surface area contributed by atoms with Crippen molar-refractivity contribution < 1.29 is 19.7 Å². The number of aliphatic hydroxyl groups is 1. The maximum Gasteiger partial charge on any atom is 0.188 e. The normalized spacial score (nSPS) is 16.9. The van der Waals surface area contributed by atoms with Crippen molar-refractivity contribution in [1.82, 2.24) is 0 Å². The van der Waals surface area contributed by atoms with Gasteiger partial charge in [-0.15, -0.1) is 0 Å². The van der Waals surface area contributed by atoms with Gasteiger partial charge in [0.15, 0.2) is 6.79 Å². The van der Waals surface area contributed by atoms with Gasteiger partial charge >= 0.3 is 0 Å². The molecule has 0 bridgehead atoms. The first-order chi connectivity index (χ1) is 8.14. The number of benzene rings is 1. The Morgan fingerprint density at radius 2 is 2.06 bits per heavy atom. The van der Waals surface area contributed by atoms with Gasteiger partial charge in [-0.3, -0.25) is 0 Å². The van der Waals surface area contributed by atoms with E-state index in [1.54, 1.807) is 13.2 Å². The number of aliphatic hydroxyl groups excluding tert-OH is 1. The zero-order valence-corrected chi connectivity index (χ0v) is 10.2. The van der Waals surface area contributed by atoms with Crippen LogP contribution >= 0.6 is 0 Å². The minimum atomic E-state index is -0.320. The van der Waals surface area contributed by atoms with Crippen molar-refractivity contribution in [3.8, 4) is 11.5 Å². The molecule has 0 unspecified atom stereocenters. The van der Waals surface area contributed by atoms with Crippen LogP contribution in [0.2, 0.25) is 0 Å². The average molecular weight is 238 g/mol. The summed E-state index contributed by atoms with van der Waals surface area (Å²) in [6.07, 6.45) is 1.76. The lowest BCUT2D eigenvalue weighted by molar-refractivity contribution is 0.0494. The molecule has 17 heavy (non-hydrogen) atoms. The van der Waals surface area contributed by atoms with Crippen LogP contribution in [0.1, 0.15) is 24.0 Å². The van der Waals surface area contributed by atoms with Gasteiger partial charge in [-0.05, 0) is 31.4 Å². The van der Waals surface area contributed by atoms with Gasteiger partial charge in [-0.2, -0.15) is 0 Å². The third-order valence-corrected chi connectivity index (χ3v) is 3.36. The lowest BCUT2D eigenvalue weighted by Gasteiger charge is -2.20. The van der Waals surface area contributed by atoms with Crippen LogP contribution in [0.25, 0.3) is 0 Å². The van der Waals surface area contributed by atoms with Crippen molar-refractivity contribution in [3.05, 3.63) is 23.3 Å². The van der Waals surface area contributed by atoms with Crippen LogP contribution in [-0.4, -0.2) is 30.7 Å². The Kier molecular flexibility index (Phi) is 3.26. The quantitative estimate of drug-likeness (QED) is 0.767. The van der Waals surface area contributed by atoms with E-state index in [-0.39, 0.29) is 24.6 Å². The van der Waals surface area contributed by atoms with E-state index in [0.717, 1.165) is 24.0 Å². The van der Waals surface area contributed by atoms with Gasteiger partial charge in [0.1, 0.15) is 11.5 Å². The van der Waals surface area contributed by atoms with Crippen LogP contribution in [0.3, 0.4) is 0 Å². The van der Waals surface area contributed by atoms with Gasteiger partial charge in [-0.1, -0.05) is 6.07 Å². The van der Waals surface area contributed by atoms with E-state index < -0.39 is 0 Å². The number of hydrogen-bond acceptors (Lipinski definition) is 4.